The molecule has 0 fully saturated rings. The van der Waals surface area contributed by atoms with Crippen molar-refractivity contribution in [3.63, 3.8) is 0 Å². The van der Waals surface area contributed by atoms with Gasteiger partial charge < -0.3 is 10.6 Å². The Morgan fingerprint density at radius 1 is 0.970 bits per heavy atom. The van der Waals surface area contributed by atoms with E-state index in [0.29, 0.717) is 5.69 Å². The molecule has 0 heterocycles. The molecule has 0 aliphatic heterocycles. The van der Waals surface area contributed by atoms with Gasteiger partial charge >= 0.3 is 0 Å². The van der Waals surface area contributed by atoms with E-state index in [-0.39, 0.29) is 27.7 Å². The van der Waals surface area contributed by atoms with Crippen molar-refractivity contribution in [2.24, 2.45) is 0 Å². The summed E-state index contributed by atoms with van der Waals surface area (Å²) in [7, 11) is -4.04. The molecular weight excluding hydrogens is 469 g/mol. The normalized spacial score (nSPS) is 11.0. The Morgan fingerprint density at radius 3 is 2.33 bits per heavy atom. The van der Waals surface area contributed by atoms with E-state index < -0.39 is 27.7 Å². The molecule has 3 N–H and O–H groups in total. The highest BCUT2D eigenvalue weighted by Crippen LogP contribution is 2.28. The second kappa shape index (κ2) is 10.0. The molecule has 2 amide bonds. The maximum absolute atomic E-state index is 13.0. The Hall–Kier alpha value is -3.43. The fourth-order valence-electron chi connectivity index (χ4n) is 2.98. The minimum absolute atomic E-state index is 0.0186. The third-order valence-electron chi connectivity index (χ3n) is 4.65. The Bertz CT molecular complexity index is 1310. The van der Waals surface area contributed by atoms with Crippen molar-refractivity contribution in [3.05, 3.63) is 88.2 Å². The molecule has 0 aliphatic carbocycles. The summed E-state index contributed by atoms with van der Waals surface area (Å²) >= 11 is 6.11. The molecule has 0 aliphatic rings. The number of rotatable bonds is 7. The zero-order chi connectivity index (χ0) is 24.2. The van der Waals surface area contributed by atoms with Crippen LogP contribution in [0.2, 0.25) is 5.02 Å². The maximum atomic E-state index is 13.0. The predicted octanol–water partition coefficient (Wildman–Crippen LogP) is 4.27. The van der Waals surface area contributed by atoms with Crippen molar-refractivity contribution in [2.75, 3.05) is 16.6 Å². The van der Waals surface area contributed by atoms with E-state index in [1.54, 1.807) is 19.1 Å². The van der Waals surface area contributed by atoms with Gasteiger partial charge in [-0.15, -0.1) is 0 Å². The van der Waals surface area contributed by atoms with Crippen LogP contribution in [0, 0.1) is 19.7 Å². The SMILES string of the molecule is Cc1ccc(NS(=O)(=O)c2cc(NC(=O)CNC(=O)c3ccc(F)cc3)ccc2Cl)c(C)c1. The molecule has 0 spiro atoms. The van der Waals surface area contributed by atoms with E-state index in [1.807, 2.05) is 13.0 Å². The Morgan fingerprint density at radius 2 is 1.67 bits per heavy atom. The Labute approximate surface area is 196 Å². The fraction of sp³-hybridized carbons (Fsp3) is 0.130. The Balaban J connectivity index is 1.69. The van der Waals surface area contributed by atoms with Crippen molar-refractivity contribution in [3.8, 4) is 0 Å². The topological polar surface area (TPSA) is 104 Å². The van der Waals surface area contributed by atoms with Crippen LogP contribution in [0.3, 0.4) is 0 Å². The van der Waals surface area contributed by atoms with Gasteiger partial charge in [-0.1, -0.05) is 29.3 Å². The van der Waals surface area contributed by atoms with Crippen molar-refractivity contribution in [1.29, 1.82) is 0 Å². The van der Waals surface area contributed by atoms with Gasteiger partial charge in [0.25, 0.3) is 15.9 Å². The van der Waals surface area contributed by atoms with Gasteiger partial charge in [0.1, 0.15) is 10.7 Å². The molecule has 10 heteroatoms. The van der Waals surface area contributed by atoms with Gasteiger partial charge in [-0.2, -0.15) is 0 Å². The number of hydrogen-bond acceptors (Lipinski definition) is 4. The molecule has 0 aromatic heterocycles. The van der Waals surface area contributed by atoms with E-state index in [1.165, 1.54) is 30.3 Å². The monoisotopic (exact) mass is 489 g/mol. The standard InChI is InChI=1S/C23H21ClFN3O4S/c1-14-3-10-20(15(2)11-14)28-33(31,32)21-12-18(8-9-19(21)24)27-22(29)13-26-23(30)16-4-6-17(25)7-5-16/h3-12,28H,13H2,1-2H3,(H,26,30)(H,27,29). The van der Waals surface area contributed by atoms with E-state index in [2.05, 4.69) is 15.4 Å². The minimum Gasteiger partial charge on any atom is -0.343 e. The zero-order valence-electron chi connectivity index (χ0n) is 17.8. The number of amides is 2. The Kier molecular flexibility index (Phi) is 7.35. The summed E-state index contributed by atoms with van der Waals surface area (Å²) in [4.78, 5) is 24.1. The van der Waals surface area contributed by atoms with Crippen LogP contribution in [0.4, 0.5) is 15.8 Å². The highest BCUT2D eigenvalue weighted by Gasteiger charge is 2.20. The van der Waals surface area contributed by atoms with E-state index in [9.17, 15) is 22.4 Å². The number of sulfonamides is 1. The second-order valence-electron chi connectivity index (χ2n) is 7.31. The third-order valence-corrected chi connectivity index (χ3v) is 6.49. The molecule has 0 unspecified atom stereocenters. The number of hydrogen-bond donors (Lipinski definition) is 3. The fourth-order valence-corrected chi connectivity index (χ4v) is 4.64. The quantitative estimate of drug-likeness (QED) is 0.461. The first kappa shape index (κ1) is 24.2. The third kappa shape index (κ3) is 6.30. The first-order valence-electron chi connectivity index (χ1n) is 9.78. The summed E-state index contributed by atoms with van der Waals surface area (Å²) in [5, 5.41) is 4.91. The van der Waals surface area contributed by atoms with E-state index >= 15 is 0 Å². The minimum atomic E-state index is -4.04. The molecule has 7 nitrogen and oxygen atoms in total. The van der Waals surface area contributed by atoms with Crippen molar-refractivity contribution in [2.45, 2.75) is 18.7 Å². The van der Waals surface area contributed by atoms with Crippen LogP contribution in [-0.4, -0.2) is 26.8 Å². The number of carbonyl (C=O) groups is 2. The highest BCUT2D eigenvalue weighted by atomic mass is 35.5. The molecule has 0 saturated heterocycles. The van der Waals surface area contributed by atoms with E-state index in [0.717, 1.165) is 23.3 Å². The lowest BCUT2D eigenvalue weighted by Gasteiger charge is -2.14. The summed E-state index contributed by atoms with van der Waals surface area (Å²) in [6.45, 7) is 3.31. The largest absolute Gasteiger partial charge is 0.343 e. The van der Waals surface area contributed by atoms with Gasteiger partial charge in [-0.05, 0) is 67.9 Å². The summed E-state index contributed by atoms with van der Waals surface area (Å²) in [5.41, 5.74) is 2.53. The summed E-state index contributed by atoms with van der Waals surface area (Å²) in [5.74, 6) is -1.62. The summed E-state index contributed by atoms with van der Waals surface area (Å²) < 4.78 is 41.3. The number of halogens is 2. The molecule has 0 radical (unpaired) electrons. The molecule has 3 rings (SSSR count). The number of anilines is 2. The first-order valence-corrected chi connectivity index (χ1v) is 11.6. The van der Waals surface area contributed by atoms with Crippen LogP contribution in [0.15, 0.2) is 65.6 Å². The van der Waals surface area contributed by atoms with Crippen LogP contribution >= 0.6 is 11.6 Å². The molecule has 0 saturated carbocycles. The number of nitrogens with one attached hydrogen (secondary N) is 3. The van der Waals surface area contributed by atoms with Crippen LogP contribution in [0.25, 0.3) is 0 Å². The number of aryl methyl sites for hydroxylation is 2. The van der Waals surface area contributed by atoms with Gasteiger partial charge in [0, 0.05) is 11.3 Å². The average molecular weight is 490 g/mol. The lowest BCUT2D eigenvalue weighted by Crippen LogP contribution is -2.32. The van der Waals surface area contributed by atoms with Gasteiger partial charge in [0.2, 0.25) is 5.91 Å². The molecule has 33 heavy (non-hydrogen) atoms. The van der Waals surface area contributed by atoms with Gasteiger partial charge in [0.15, 0.2) is 0 Å². The van der Waals surface area contributed by atoms with Crippen molar-refractivity contribution in [1.82, 2.24) is 5.32 Å². The van der Waals surface area contributed by atoms with Gasteiger partial charge in [-0.3, -0.25) is 14.3 Å². The maximum Gasteiger partial charge on any atom is 0.263 e. The molecule has 3 aromatic rings. The lowest BCUT2D eigenvalue weighted by atomic mass is 10.1. The summed E-state index contributed by atoms with van der Waals surface area (Å²) in [6.07, 6.45) is 0. The van der Waals surface area contributed by atoms with Crippen LogP contribution < -0.4 is 15.4 Å². The second-order valence-corrected chi connectivity index (χ2v) is 9.36. The average Bonchev–Trinajstić information content (AvgIpc) is 2.76. The highest BCUT2D eigenvalue weighted by molar-refractivity contribution is 7.92. The van der Waals surface area contributed by atoms with Crippen LogP contribution in [0.5, 0.6) is 0 Å². The van der Waals surface area contributed by atoms with Crippen molar-refractivity contribution < 1.29 is 22.4 Å². The van der Waals surface area contributed by atoms with Crippen LogP contribution in [-0.2, 0) is 14.8 Å². The summed E-state index contributed by atoms with van der Waals surface area (Å²) in [6, 6.07) is 14.2. The zero-order valence-corrected chi connectivity index (χ0v) is 19.4. The van der Waals surface area contributed by atoms with Crippen LogP contribution in [0.1, 0.15) is 21.5 Å². The number of carbonyl (C=O) groups excluding carboxylic acids is 2. The molecule has 3 aromatic carbocycles. The van der Waals surface area contributed by atoms with Gasteiger partial charge in [-0.25, -0.2) is 12.8 Å². The van der Waals surface area contributed by atoms with Gasteiger partial charge in [0.05, 0.1) is 17.3 Å². The molecule has 172 valence electrons. The molecular formula is C23H21ClFN3O4S. The first-order chi connectivity index (χ1) is 15.5. The van der Waals surface area contributed by atoms with Crippen molar-refractivity contribution >= 4 is 44.8 Å². The van der Waals surface area contributed by atoms with E-state index in [4.69, 9.17) is 11.6 Å². The smallest absolute Gasteiger partial charge is 0.263 e. The lowest BCUT2D eigenvalue weighted by molar-refractivity contribution is -0.115. The molecule has 0 atom stereocenters. The predicted molar refractivity (Wildman–Crippen MR) is 126 cm³/mol. The molecule has 0 bridgehead atoms. The number of benzene rings is 3.